The molecule has 0 unspecified atom stereocenters. The largest absolute Gasteiger partial charge is 0.445 e. The van der Waals surface area contributed by atoms with Crippen LogP contribution in [0.1, 0.15) is 31.9 Å². The van der Waals surface area contributed by atoms with Crippen molar-refractivity contribution in [2.24, 2.45) is 0 Å². The molecule has 0 bridgehead atoms. The van der Waals surface area contributed by atoms with Gasteiger partial charge >= 0.3 is 6.09 Å². The lowest BCUT2D eigenvalue weighted by Gasteiger charge is -2.54. The average molecular weight is 428 g/mol. The minimum absolute atomic E-state index is 0.0419. The van der Waals surface area contributed by atoms with Gasteiger partial charge in [-0.15, -0.1) is 0 Å². The Labute approximate surface area is 180 Å². The Morgan fingerprint density at radius 2 is 1.67 bits per heavy atom. The summed E-state index contributed by atoms with van der Waals surface area (Å²) in [6.45, 7) is 11.5. The number of rotatable bonds is 6. The number of hydrogen-bond acceptors (Lipinski definition) is 4. The Balaban J connectivity index is 1.74. The van der Waals surface area contributed by atoms with E-state index in [0.29, 0.717) is 0 Å². The number of likely N-dealkylation sites (tertiary alicyclic amines) is 1. The van der Waals surface area contributed by atoms with Gasteiger partial charge in [-0.2, -0.15) is 0 Å². The number of amides is 1. The van der Waals surface area contributed by atoms with Crippen LogP contribution in [0, 0.1) is 0 Å². The molecule has 30 heavy (non-hydrogen) atoms. The number of carbonyl (C=O) groups excluding carboxylic acids is 1. The number of carbonyl (C=O) groups is 1. The molecule has 0 radical (unpaired) electrons. The Bertz CT molecular complexity index is 851. The highest BCUT2D eigenvalue weighted by Crippen LogP contribution is 2.42. The molecule has 1 saturated heterocycles. The second-order valence-electron chi connectivity index (χ2n) is 9.55. The van der Waals surface area contributed by atoms with E-state index in [4.69, 9.17) is 9.16 Å². The van der Waals surface area contributed by atoms with Gasteiger partial charge in [0.2, 0.25) is 0 Å². The molecule has 6 heteroatoms. The van der Waals surface area contributed by atoms with Gasteiger partial charge in [0.1, 0.15) is 12.2 Å². The van der Waals surface area contributed by atoms with Crippen LogP contribution in [0.2, 0.25) is 18.1 Å². The molecule has 1 N–H and O–H groups in total. The summed E-state index contributed by atoms with van der Waals surface area (Å²) in [5.74, 6) is 0. The minimum atomic E-state index is -2.04. The minimum Gasteiger partial charge on any atom is -0.445 e. The van der Waals surface area contributed by atoms with Crippen molar-refractivity contribution in [3.05, 3.63) is 71.8 Å². The van der Waals surface area contributed by atoms with E-state index < -0.39 is 26.1 Å². The van der Waals surface area contributed by atoms with Crippen molar-refractivity contribution in [1.29, 1.82) is 0 Å². The summed E-state index contributed by atoms with van der Waals surface area (Å²) in [7, 11) is -2.04. The molecule has 1 aliphatic heterocycles. The van der Waals surface area contributed by atoms with Crippen molar-refractivity contribution in [2.45, 2.75) is 57.2 Å². The van der Waals surface area contributed by atoms with Crippen LogP contribution in [0.15, 0.2) is 60.7 Å². The summed E-state index contributed by atoms with van der Waals surface area (Å²) in [4.78, 5) is 14.4. The molecule has 5 nitrogen and oxygen atoms in total. The van der Waals surface area contributed by atoms with Gasteiger partial charge in [0.15, 0.2) is 8.32 Å². The van der Waals surface area contributed by atoms with E-state index in [9.17, 15) is 9.90 Å². The lowest BCUT2D eigenvalue weighted by molar-refractivity contribution is -0.158. The molecule has 2 aromatic rings. The zero-order valence-electron chi connectivity index (χ0n) is 18.6. The first-order valence-electron chi connectivity index (χ1n) is 10.4. The van der Waals surface area contributed by atoms with Gasteiger partial charge in [-0.05, 0) is 29.3 Å². The maximum absolute atomic E-state index is 12.8. The van der Waals surface area contributed by atoms with Crippen LogP contribution in [-0.4, -0.2) is 43.6 Å². The Morgan fingerprint density at radius 3 is 2.23 bits per heavy atom. The molecule has 0 aromatic heterocycles. The Kier molecular flexibility index (Phi) is 6.41. The van der Waals surface area contributed by atoms with Crippen molar-refractivity contribution in [1.82, 2.24) is 4.90 Å². The number of nitrogens with zero attached hydrogens (tertiary/aromatic N) is 1. The van der Waals surface area contributed by atoms with E-state index in [1.165, 1.54) is 0 Å². The van der Waals surface area contributed by atoms with Crippen molar-refractivity contribution >= 4 is 14.4 Å². The number of hydrogen-bond donors (Lipinski definition) is 1. The summed E-state index contributed by atoms with van der Waals surface area (Å²) in [6.07, 6.45) is -0.428. The zero-order valence-corrected chi connectivity index (χ0v) is 19.6. The van der Waals surface area contributed by atoms with Crippen molar-refractivity contribution in [3.8, 4) is 0 Å². The van der Waals surface area contributed by atoms with Crippen LogP contribution < -0.4 is 0 Å². The second-order valence-corrected chi connectivity index (χ2v) is 14.4. The lowest BCUT2D eigenvalue weighted by atomic mass is 9.78. The van der Waals surface area contributed by atoms with Crippen LogP contribution in [0.3, 0.4) is 0 Å². The average Bonchev–Trinajstić information content (AvgIpc) is 2.70. The molecule has 1 amide bonds. The second kappa shape index (κ2) is 8.53. The first kappa shape index (κ1) is 22.5. The highest BCUT2D eigenvalue weighted by atomic mass is 28.4. The third kappa shape index (κ3) is 4.61. The molecule has 2 aromatic carbocycles. The smallest absolute Gasteiger partial charge is 0.410 e. The standard InChI is InChI=1S/C24H33NO4Si/c1-23(2,3)30(4,5)29-17-21-24(27,20-14-10-7-11-15-20)18-25(21)22(26)28-16-19-12-8-6-9-13-19/h6-15,21,27H,16-18H2,1-5H3/t21-,24+/m0/s1. The van der Waals surface area contributed by atoms with E-state index in [-0.39, 0.29) is 24.8 Å². The summed E-state index contributed by atoms with van der Waals surface area (Å²) >= 11 is 0. The van der Waals surface area contributed by atoms with Gasteiger partial charge in [0, 0.05) is 0 Å². The predicted molar refractivity (Wildman–Crippen MR) is 121 cm³/mol. The third-order valence-electron chi connectivity index (χ3n) is 6.46. The molecular weight excluding hydrogens is 394 g/mol. The predicted octanol–water partition coefficient (Wildman–Crippen LogP) is 4.92. The molecule has 1 aliphatic rings. The SMILES string of the molecule is CC(C)(C)[Si](C)(C)OC[C@@H]1N(C(=O)OCc2ccccc2)C[C@@]1(O)c1ccccc1. The van der Waals surface area contributed by atoms with Crippen molar-refractivity contribution in [3.63, 3.8) is 0 Å². The van der Waals surface area contributed by atoms with Gasteiger partial charge in [0.25, 0.3) is 0 Å². The molecule has 0 spiro atoms. The highest BCUT2D eigenvalue weighted by Gasteiger charge is 2.56. The van der Waals surface area contributed by atoms with Gasteiger partial charge in [-0.3, -0.25) is 4.90 Å². The molecule has 2 atom stereocenters. The molecule has 0 aliphatic carbocycles. The molecule has 162 valence electrons. The maximum atomic E-state index is 12.8. The van der Waals surface area contributed by atoms with Gasteiger partial charge in [-0.25, -0.2) is 4.79 Å². The number of ether oxygens (including phenoxy) is 1. The summed E-state index contributed by atoms with van der Waals surface area (Å²) in [5.41, 5.74) is 0.578. The fourth-order valence-corrected chi connectivity index (χ4v) is 4.36. The molecule has 3 rings (SSSR count). The normalized spacial score (nSPS) is 21.8. The molecular formula is C24H33NO4Si. The van der Waals surface area contributed by atoms with Gasteiger partial charge in [-0.1, -0.05) is 81.4 Å². The van der Waals surface area contributed by atoms with Crippen LogP contribution >= 0.6 is 0 Å². The summed E-state index contributed by atoms with van der Waals surface area (Å²) in [6, 6.07) is 18.6. The molecule has 1 heterocycles. The first-order chi connectivity index (χ1) is 14.0. The molecule has 1 fully saturated rings. The van der Waals surface area contributed by atoms with Gasteiger partial charge < -0.3 is 14.3 Å². The Hall–Kier alpha value is -2.15. The first-order valence-corrected chi connectivity index (χ1v) is 13.3. The number of benzene rings is 2. The monoisotopic (exact) mass is 427 g/mol. The van der Waals surface area contributed by atoms with Crippen LogP contribution in [0.5, 0.6) is 0 Å². The van der Waals surface area contributed by atoms with E-state index in [1.807, 2.05) is 60.7 Å². The van der Waals surface area contributed by atoms with E-state index in [1.54, 1.807) is 4.90 Å². The van der Waals surface area contributed by atoms with E-state index in [0.717, 1.165) is 11.1 Å². The summed E-state index contributed by atoms with van der Waals surface area (Å²) in [5, 5.41) is 11.5. The van der Waals surface area contributed by atoms with Crippen LogP contribution in [-0.2, 0) is 21.4 Å². The number of aliphatic hydroxyl groups is 1. The van der Waals surface area contributed by atoms with E-state index >= 15 is 0 Å². The topological polar surface area (TPSA) is 59.0 Å². The highest BCUT2D eigenvalue weighted by molar-refractivity contribution is 6.74. The summed E-state index contributed by atoms with van der Waals surface area (Å²) < 4.78 is 11.9. The van der Waals surface area contributed by atoms with Crippen LogP contribution in [0.25, 0.3) is 0 Å². The quantitative estimate of drug-likeness (QED) is 0.665. The number of β-amino-alcohol motifs (C(OH)–C–C–N with tert-alkyl or cyclic N) is 1. The van der Waals surface area contributed by atoms with Gasteiger partial charge in [0.05, 0.1) is 19.2 Å². The Morgan fingerprint density at radius 1 is 1.10 bits per heavy atom. The fourth-order valence-electron chi connectivity index (χ4n) is 3.36. The fraction of sp³-hybridized carbons (Fsp3) is 0.458. The molecule has 0 saturated carbocycles. The maximum Gasteiger partial charge on any atom is 0.410 e. The zero-order chi connectivity index (χ0) is 22.0. The lowest BCUT2D eigenvalue weighted by Crippen LogP contribution is -2.71. The third-order valence-corrected chi connectivity index (χ3v) is 11.0. The van der Waals surface area contributed by atoms with Crippen LogP contribution in [0.4, 0.5) is 4.79 Å². The van der Waals surface area contributed by atoms with E-state index in [2.05, 4.69) is 33.9 Å². The van der Waals surface area contributed by atoms with Crippen molar-refractivity contribution < 1.29 is 19.1 Å². The van der Waals surface area contributed by atoms with Crippen molar-refractivity contribution in [2.75, 3.05) is 13.2 Å².